The summed E-state index contributed by atoms with van der Waals surface area (Å²) >= 11 is 0. The van der Waals surface area contributed by atoms with Crippen LogP contribution in [0.4, 0.5) is 11.5 Å². The summed E-state index contributed by atoms with van der Waals surface area (Å²) in [6, 6.07) is 5.35. The van der Waals surface area contributed by atoms with E-state index >= 15 is 0 Å². The van der Waals surface area contributed by atoms with Gasteiger partial charge in [0.2, 0.25) is 16.2 Å². The summed E-state index contributed by atoms with van der Waals surface area (Å²) in [5.74, 6) is 0.487. The second kappa shape index (κ2) is 7.53. The Hall–Kier alpha value is -2.28. The normalized spacial score (nSPS) is 16.8. The first-order chi connectivity index (χ1) is 12.0. The van der Waals surface area contributed by atoms with Crippen LogP contribution in [0.3, 0.4) is 0 Å². The average molecular weight is 387 g/mol. The highest BCUT2D eigenvalue weighted by molar-refractivity contribution is 7.80. The van der Waals surface area contributed by atoms with Gasteiger partial charge in [-0.3, -0.25) is 14.3 Å². The molecule has 0 unspecified atom stereocenters. The molecular formula is C14H21N5O6S. The Kier molecular flexibility index (Phi) is 5.81. The van der Waals surface area contributed by atoms with Gasteiger partial charge in [0.25, 0.3) is 0 Å². The van der Waals surface area contributed by atoms with Crippen molar-refractivity contribution < 1.29 is 26.6 Å². The Morgan fingerprint density at radius 1 is 1.27 bits per heavy atom. The lowest BCUT2D eigenvalue weighted by molar-refractivity contribution is -0.890. The van der Waals surface area contributed by atoms with Crippen molar-refractivity contribution in [3.8, 4) is 0 Å². The van der Waals surface area contributed by atoms with E-state index in [1.807, 2.05) is 11.0 Å². The van der Waals surface area contributed by atoms with Crippen molar-refractivity contribution in [3.63, 3.8) is 0 Å². The number of quaternary nitrogens is 1. The van der Waals surface area contributed by atoms with Gasteiger partial charge in [0.1, 0.15) is 5.52 Å². The molecule has 1 fully saturated rings. The predicted molar refractivity (Wildman–Crippen MR) is 92.6 cm³/mol. The quantitative estimate of drug-likeness (QED) is 0.241. The third-order valence-electron chi connectivity index (χ3n) is 4.13. The van der Waals surface area contributed by atoms with E-state index in [0.29, 0.717) is 11.3 Å². The van der Waals surface area contributed by atoms with E-state index in [2.05, 4.69) is 23.4 Å². The molecular weight excluding hydrogens is 366 g/mol. The number of nitro groups is 1. The second-order valence-corrected chi connectivity index (χ2v) is 7.55. The van der Waals surface area contributed by atoms with Crippen molar-refractivity contribution in [1.29, 1.82) is 0 Å². The Bertz CT molecular complexity index is 884. The van der Waals surface area contributed by atoms with Crippen LogP contribution in [0.5, 0.6) is 0 Å². The first kappa shape index (κ1) is 20.0. The molecule has 144 valence electrons. The molecule has 12 heteroatoms. The highest BCUT2D eigenvalue weighted by Crippen LogP contribution is 2.32. The molecule has 0 spiro atoms. The lowest BCUT2D eigenvalue weighted by Gasteiger charge is -2.38. The van der Waals surface area contributed by atoms with E-state index in [0.717, 1.165) is 37.8 Å². The standard InChI is InChI=1S/C13H18N5O2.CH4O4S/c1-18(2)9-7-15(8-10-18)13-12(17(19)20)11-5-3-4-6-16(11)14-13;1-5-6(2,3)4/h3-6H,7-10H2,1-2H3;1H3,(H,2,3,4)/q+1;/p-1. The highest BCUT2D eigenvalue weighted by Gasteiger charge is 2.32. The van der Waals surface area contributed by atoms with E-state index in [-0.39, 0.29) is 10.6 Å². The molecule has 2 aromatic heterocycles. The van der Waals surface area contributed by atoms with Gasteiger partial charge in [-0.15, -0.1) is 5.10 Å². The maximum absolute atomic E-state index is 11.4. The Labute approximate surface area is 151 Å². The molecule has 0 aliphatic carbocycles. The highest BCUT2D eigenvalue weighted by atomic mass is 32.3. The molecule has 1 aliphatic rings. The van der Waals surface area contributed by atoms with Crippen LogP contribution in [0.1, 0.15) is 0 Å². The number of anilines is 1. The summed E-state index contributed by atoms with van der Waals surface area (Å²) in [6.07, 6.45) is 1.75. The molecule has 0 saturated carbocycles. The number of nitrogens with zero attached hydrogens (tertiary/aromatic N) is 5. The van der Waals surface area contributed by atoms with Gasteiger partial charge in [-0.05, 0) is 12.1 Å². The fourth-order valence-electron chi connectivity index (χ4n) is 2.58. The van der Waals surface area contributed by atoms with Gasteiger partial charge >= 0.3 is 5.69 Å². The molecule has 3 heterocycles. The summed E-state index contributed by atoms with van der Waals surface area (Å²) in [4.78, 5) is 13.1. The van der Waals surface area contributed by atoms with E-state index in [4.69, 9.17) is 0 Å². The van der Waals surface area contributed by atoms with Crippen molar-refractivity contribution in [2.24, 2.45) is 0 Å². The number of rotatable bonds is 3. The number of fused-ring (bicyclic) bond motifs is 1. The number of pyridine rings is 1. The zero-order valence-corrected chi connectivity index (χ0v) is 15.5. The topological polar surface area (TPSA) is 130 Å². The Morgan fingerprint density at radius 2 is 1.85 bits per heavy atom. The van der Waals surface area contributed by atoms with E-state index in [1.165, 1.54) is 0 Å². The van der Waals surface area contributed by atoms with Gasteiger partial charge in [-0.1, -0.05) is 6.07 Å². The minimum atomic E-state index is -4.41. The summed E-state index contributed by atoms with van der Waals surface area (Å²) in [5.41, 5.74) is 0.657. The molecule has 0 bridgehead atoms. The second-order valence-electron chi connectivity index (χ2n) is 6.40. The largest absolute Gasteiger partial charge is 0.726 e. The lowest BCUT2D eigenvalue weighted by atomic mass is 10.2. The number of hydrogen-bond acceptors (Lipinski definition) is 8. The van der Waals surface area contributed by atoms with Crippen LogP contribution in [0.25, 0.3) is 5.52 Å². The zero-order valence-electron chi connectivity index (χ0n) is 14.7. The molecule has 0 radical (unpaired) electrons. The van der Waals surface area contributed by atoms with Crippen molar-refractivity contribution in [2.45, 2.75) is 0 Å². The van der Waals surface area contributed by atoms with E-state index in [9.17, 15) is 23.1 Å². The number of aromatic nitrogens is 2. The molecule has 1 aliphatic heterocycles. The fraction of sp³-hybridized carbons (Fsp3) is 0.500. The van der Waals surface area contributed by atoms with Gasteiger partial charge in [-0.25, -0.2) is 12.9 Å². The maximum atomic E-state index is 11.4. The monoisotopic (exact) mass is 387 g/mol. The molecule has 3 rings (SSSR count). The summed E-state index contributed by atoms with van der Waals surface area (Å²) in [6.45, 7) is 3.51. The van der Waals surface area contributed by atoms with Crippen LogP contribution in [0.15, 0.2) is 24.4 Å². The van der Waals surface area contributed by atoms with Crippen LogP contribution in [0.2, 0.25) is 0 Å². The predicted octanol–water partition coefficient (Wildman–Crippen LogP) is 0.232. The smallest absolute Gasteiger partial charge is 0.338 e. The third-order valence-corrected chi connectivity index (χ3v) is 4.54. The van der Waals surface area contributed by atoms with Crippen molar-refractivity contribution in [2.75, 3.05) is 52.3 Å². The van der Waals surface area contributed by atoms with Crippen LogP contribution >= 0.6 is 0 Å². The maximum Gasteiger partial charge on any atom is 0.338 e. The van der Waals surface area contributed by atoms with Crippen LogP contribution in [0, 0.1) is 10.1 Å². The van der Waals surface area contributed by atoms with Gasteiger partial charge < -0.3 is 13.9 Å². The fourth-order valence-corrected chi connectivity index (χ4v) is 2.58. The van der Waals surface area contributed by atoms with Crippen molar-refractivity contribution in [3.05, 3.63) is 34.5 Å². The summed E-state index contributed by atoms with van der Waals surface area (Å²) in [7, 11) is 0.748. The summed E-state index contributed by atoms with van der Waals surface area (Å²) in [5, 5.41) is 15.8. The molecule has 2 aromatic rings. The number of piperazine rings is 1. The molecule has 0 aromatic carbocycles. The summed E-state index contributed by atoms with van der Waals surface area (Å²) < 4.78 is 33.5. The molecule has 0 N–H and O–H groups in total. The first-order valence-electron chi connectivity index (χ1n) is 7.74. The van der Waals surface area contributed by atoms with Crippen molar-refractivity contribution in [1.82, 2.24) is 9.61 Å². The van der Waals surface area contributed by atoms with Gasteiger partial charge in [-0.2, -0.15) is 0 Å². The van der Waals surface area contributed by atoms with Gasteiger partial charge in [0, 0.05) is 6.20 Å². The molecule has 0 amide bonds. The Balaban J connectivity index is 0.000000352. The first-order valence-corrected chi connectivity index (χ1v) is 9.07. The number of hydrogen-bond donors (Lipinski definition) is 0. The van der Waals surface area contributed by atoms with Crippen molar-refractivity contribution >= 4 is 27.4 Å². The number of likely N-dealkylation sites (N-methyl/N-ethyl adjacent to an activating group) is 1. The molecule has 26 heavy (non-hydrogen) atoms. The van der Waals surface area contributed by atoms with Crippen LogP contribution in [-0.2, 0) is 14.6 Å². The molecule has 1 saturated heterocycles. The average Bonchev–Trinajstić information content (AvgIpc) is 2.94. The van der Waals surface area contributed by atoms with E-state index in [1.54, 1.807) is 22.8 Å². The Morgan fingerprint density at radius 3 is 2.35 bits per heavy atom. The van der Waals surface area contributed by atoms with Gasteiger partial charge in [0.15, 0.2) is 0 Å². The van der Waals surface area contributed by atoms with E-state index < -0.39 is 10.4 Å². The lowest BCUT2D eigenvalue weighted by Crippen LogP contribution is -2.55. The zero-order chi connectivity index (χ0) is 19.5. The minimum Gasteiger partial charge on any atom is -0.726 e. The third kappa shape index (κ3) is 4.88. The SMILES string of the molecule is COS(=O)(=O)[O-].C[N+]1(C)CCN(c2nn3ccccc3c2[N+](=O)[O-])CC1. The minimum absolute atomic E-state index is 0.109. The molecule has 11 nitrogen and oxygen atoms in total. The van der Waals surface area contributed by atoms with Crippen LogP contribution < -0.4 is 4.90 Å². The van der Waals surface area contributed by atoms with Gasteiger partial charge in [0.05, 0.1) is 52.3 Å². The molecule has 0 atom stereocenters. The van der Waals surface area contributed by atoms with Crippen LogP contribution in [-0.4, -0.2) is 79.4 Å².